The van der Waals surface area contributed by atoms with Crippen molar-refractivity contribution in [3.8, 4) is 0 Å². The number of fused-ring (bicyclic) bond motifs is 3. The lowest BCUT2D eigenvalue weighted by Crippen LogP contribution is -2.19. The number of hydrogen-bond acceptors (Lipinski definition) is 2. The highest BCUT2D eigenvalue weighted by molar-refractivity contribution is 7.19. The molecule has 1 heterocycles. The zero-order valence-corrected chi connectivity index (χ0v) is 14.0. The first-order valence-electron chi connectivity index (χ1n) is 8.00. The molecule has 2 unspecified atom stereocenters. The minimum Gasteiger partial charge on any atom is -0.305 e. The van der Waals surface area contributed by atoms with Gasteiger partial charge in [-0.3, -0.25) is 0 Å². The molecule has 0 N–H and O–H groups in total. The van der Waals surface area contributed by atoms with Crippen LogP contribution in [0.15, 0.2) is 29.8 Å². The van der Waals surface area contributed by atoms with Crippen LogP contribution in [0.2, 0.25) is 0 Å². The van der Waals surface area contributed by atoms with E-state index in [9.17, 15) is 0 Å². The second-order valence-electron chi connectivity index (χ2n) is 6.99. The van der Waals surface area contributed by atoms with Crippen LogP contribution < -0.4 is 0 Å². The smallest absolute Gasteiger partial charge is 0.0345 e. The second kappa shape index (κ2) is 4.96. The van der Waals surface area contributed by atoms with Gasteiger partial charge in [0, 0.05) is 16.1 Å². The van der Waals surface area contributed by atoms with Gasteiger partial charge in [-0.15, -0.1) is 11.3 Å². The largest absolute Gasteiger partial charge is 0.305 e. The van der Waals surface area contributed by atoms with Gasteiger partial charge in [0.1, 0.15) is 0 Å². The summed E-state index contributed by atoms with van der Waals surface area (Å²) in [4.78, 5) is 3.75. The summed E-state index contributed by atoms with van der Waals surface area (Å²) in [5.41, 5.74) is 4.90. The molecule has 1 aromatic carbocycles. The van der Waals surface area contributed by atoms with E-state index in [-0.39, 0.29) is 0 Å². The molecule has 0 aliphatic heterocycles. The molecule has 21 heavy (non-hydrogen) atoms. The number of likely N-dealkylation sites (N-methyl/N-ethyl adjacent to an activating group) is 1. The van der Waals surface area contributed by atoms with Crippen LogP contribution in [-0.2, 0) is 0 Å². The van der Waals surface area contributed by atoms with Gasteiger partial charge in [0.25, 0.3) is 0 Å². The Hall–Kier alpha value is -1.12. The third-order valence-corrected chi connectivity index (χ3v) is 6.15. The highest BCUT2D eigenvalue weighted by Gasteiger charge is 2.39. The molecule has 0 saturated heterocycles. The number of hydrogen-bond donors (Lipinski definition) is 0. The zero-order chi connectivity index (χ0) is 14.6. The van der Waals surface area contributed by atoms with Crippen molar-refractivity contribution in [3.63, 3.8) is 0 Å². The number of rotatable bonds is 3. The fourth-order valence-electron chi connectivity index (χ4n) is 4.36. The molecule has 1 fully saturated rings. The van der Waals surface area contributed by atoms with Gasteiger partial charge in [0.05, 0.1) is 0 Å². The molecule has 1 saturated carbocycles. The van der Waals surface area contributed by atoms with E-state index in [1.165, 1.54) is 39.8 Å². The minimum atomic E-state index is 0.821. The van der Waals surface area contributed by atoms with Gasteiger partial charge in [0.2, 0.25) is 0 Å². The van der Waals surface area contributed by atoms with Gasteiger partial charge in [-0.2, -0.15) is 0 Å². The number of aryl methyl sites for hydroxylation is 1. The maximum Gasteiger partial charge on any atom is 0.0345 e. The molecule has 1 aromatic heterocycles. The topological polar surface area (TPSA) is 3.24 Å². The molecule has 110 valence electrons. The molecule has 0 amide bonds. The Morgan fingerprint density at radius 2 is 1.95 bits per heavy atom. The number of allylic oxidation sites excluding steroid dienone is 1. The minimum absolute atomic E-state index is 0.821. The average Bonchev–Trinajstić information content (AvgIpc) is 3.09. The SMILES string of the molecule is Cc1cc2cc(C3=C(CN(C)C)C4CCC3C4)ccc2s1. The van der Waals surface area contributed by atoms with Crippen molar-refractivity contribution >= 4 is 27.0 Å². The molecule has 4 rings (SSSR count). The second-order valence-corrected chi connectivity index (χ2v) is 8.28. The summed E-state index contributed by atoms with van der Waals surface area (Å²) in [5.74, 6) is 1.68. The van der Waals surface area contributed by atoms with E-state index in [0.717, 1.165) is 18.4 Å². The van der Waals surface area contributed by atoms with E-state index in [1.807, 2.05) is 11.3 Å². The predicted octanol–water partition coefficient (Wildman–Crippen LogP) is 4.95. The molecule has 2 aliphatic carbocycles. The predicted molar refractivity (Wildman–Crippen MR) is 92.9 cm³/mol. The van der Waals surface area contributed by atoms with Gasteiger partial charge in [-0.1, -0.05) is 6.07 Å². The quantitative estimate of drug-likeness (QED) is 0.774. The third-order valence-electron chi connectivity index (χ3n) is 5.12. The van der Waals surface area contributed by atoms with Gasteiger partial charge < -0.3 is 4.90 Å². The summed E-state index contributed by atoms with van der Waals surface area (Å²) >= 11 is 1.91. The molecule has 2 aromatic rings. The van der Waals surface area contributed by atoms with Crippen molar-refractivity contribution in [2.24, 2.45) is 11.8 Å². The normalized spacial score (nSPS) is 24.8. The van der Waals surface area contributed by atoms with Crippen LogP contribution in [0.3, 0.4) is 0 Å². The first-order valence-corrected chi connectivity index (χ1v) is 8.81. The van der Waals surface area contributed by atoms with E-state index in [2.05, 4.69) is 50.2 Å². The Morgan fingerprint density at radius 1 is 1.14 bits per heavy atom. The zero-order valence-electron chi connectivity index (χ0n) is 13.1. The molecule has 2 atom stereocenters. The highest BCUT2D eigenvalue weighted by atomic mass is 32.1. The lowest BCUT2D eigenvalue weighted by molar-refractivity contribution is 0.423. The Bertz CT molecular complexity index is 722. The van der Waals surface area contributed by atoms with E-state index in [0.29, 0.717) is 0 Å². The van der Waals surface area contributed by atoms with E-state index < -0.39 is 0 Å². The van der Waals surface area contributed by atoms with Crippen LogP contribution >= 0.6 is 11.3 Å². The van der Waals surface area contributed by atoms with Crippen LogP contribution in [0, 0.1) is 18.8 Å². The molecule has 2 aliphatic rings. The Labute approximate surface area is 131 Å². The molecular weight excluding hydrogens is 274 g/mol. The number of benzene rings is 1. The average molecular weight is 297 g/mol. The van der Waals surface area contributed by atoms with E-state index in [4.69, 9.17) is 0 Å². The fourth-order valence-corrected chi connectivity index (χ4v) is 5.27. The molecule has 2 heteroatoms. The summed E-state index contributed by atoms with van der Waals surface area (Å²) in [6.45, 7) is 3.34. The Balaban J connectivity index is 1.82. The first kappa shape index (κ1) is 13.5. The maximum absolute atomic E-state index is 2.44. The van der Waals surface area contributed by atoms with Gasteiger partial charge >= 0.3 is 0 Å². The van der Waals surface area contributed by atoms with E-state index >= 15 is 0 Å². The van der Waals surface area contributed by atoms with Crippen molar-refractivity contribution in [1.82, 2.24) is 4.90 Å². The molecule has 0 spiro atoms. The van der Waals surface area contributed by atoms with Gasteiger partial charge in [0.15, 0.2) is 0 Å². The van der Waals surface area contributed by atoms with Crippen molar-refractivity contribution in [2.45, 2.75) is 26.2 Å². The molecular formula is C19H23NS. The number of nitrogens with zero attached hydrogens (tertiary/aromatic N) is 1. The van der Waals surface area contributed by atoms with E-state index in [1.54, 1.807) is 11.1 Å². The van der Waals surface area contributed by atoms with Crippen LogP contribution in [0.1, 0.15) is 29.7 Å². The molecule has 1 nitrogen and oxygen atoms in total. The summed E-state index contributed by atoms with van der Waals surface area (Å²) in [7, 11) is 4.39. The third kappa shape index (κ3) is 2.25. The summed E-state index contributed by atoms with van der Waals surface area (Å²) < 4.78 is 1.43. The first-order chi connectivity index (χ1) is 10.1. The van der Waals surface area contributed by atoms with Crippen molar-refractivity contribution < 1.29 is 0 Å². The summed E-state index contributed by atoms with van der Waals surface area (Å²) in [5, 5.41) is 1.43. The maximum atomic E-state index is 2.44. The van der Waals surface area contributed by atoms with Crippen LogP contribution in [0.5, 0.6) is 0 Å². The lowest BCUT2D eigenvalue weighted by Gasteiger charge is -2.23. The Morgan fingerprint density at radius 3 is 2.76 bits per heavy atom. The molecule has 0 radical (unpaired) electrons. The summed E-state index contributed by atoms with van der Waals surface area (Å²) in [6.07, 6.45) is 4.22. The highest BCUT2D eigenvalue weighted by Crippen LogP contribution is 2.52. The lowest BCUT2D eigenvalue weighted by atomic mass is 9.86. The fraction of sp³-hybridized carbons (Fsp3) is 0.474. The van der Waals surface area contributed by atoms with Gasteiger partial charge in [-0.05, 0) is 92.4 Å². The van der Waals surface area contributed by atoms with Crippen LogP contribution in [-0.4, -0.2) is 25.5 Å². The van der Waals surface area contributed by atoms with Crippen molar-refractivity contribution in [1.29, 1.82) is 0 Å². The van der Waals surface area contributed by atoms with Gasteiger partial charge in [-0.25, -0.2) is 0 Å². The number of thiophene rings is 1. The molecule has 2 bridgehead atoms. The van der Waals surface area contributed by atoms with Crippen molar-refractivity contribution in [2.75, 3.05) is 20.6 Å². The van der Waals surface area contributed by atoms with Crippen molar-refractivity contribution in [3.05, 3.63) is 40.3 Å². The standard InChI is InChI=1S/C19H23NS/c1-12-8-16-10-15(6-7-18(16)21-12)19-14-5-4-13(9-14)17(19)11-20(2)3/h6-8,10,13-14H,4-5,9,11H2,1-3H3. The van der Waals surface area contributed by atoms with Crippen LogP contribution in [0.4, 0.5) is 0 Å². The monoisotopic (exact) mass is 297 g/mol. The van der Waals surface area contributed by atoms with Crippen LogP contribution in [0.25, 0.3) is 15.7 Å². The Kier molecular flexibility index (Phi) is 3.20. The summed E-state index contributed by atoms with van der Waals surface area (Å²) in [6, 6.07) is 9.46.